The largest absolute Gasteiger partial charge is 0.461 e. The number of carbonyl (C=O) groups is 1. The smallest absolute Gasteiger partial charge is 0.305 e. The minimum Gasteiger partial charge on any atom is -0.461 e. The molecule has 2 bridgehead atoms. The summed E-state index contributed by atoms with van der Waals surface area (Å²) in [6.45, 7) is 8.08. The summed E-state index contributed by atoms with van der Waals surface area (Å²) in [6.07, 6.45) is -3.59. The van der Waals surface area contributed by atoms with Gasteiger partial charge in [-0.05, 0) is 45.4 Å². The van der Waals surface area contributed by atoms with Crippen LogP contribution >= 0.6 is 0 Å². The number of hydrogen-bond acceptors (Lipinski definition) is 8. The number of fused-ring (bicyclic) bond motifs is 2. The van der Waals surface area contributed by atoms with Crippen LogP contribution in [-0.4, -0.2) is 77.8 Å². The van der Waals surface area contributed by atoms with Crippen molar-refractivity contribution in [2.75, 3.05) is 0 Å². The minimum atomic E-state index is -1.98. The Morgan fingerprint density at radius 2 is 1.65 bits per heavy atom. The van der Waals surface area contributed by atoms with Crippen LogP contribution in [-0.2, 0) is 9.53 Å². The van der Waals surface area contributed by atoms with E-state index in [1.807, 2.05) is 0 Å². The van der Waals surface area contributed by atoms with Crippen molar-refractivity contribution in [2.24, 2.45) is 28.6 Å². The summed E-state index contributed by atoms with van der Waals surface area (Å²) in [7, 11) is 0. The van der Waals surface area contributed by atoms with Gasteiger partial charge < -0.3 is 35.4 Å². The molecule has 0 heterocycles. The third-order valence-corrected chi connectivity index (χ3v) is 9.75. The molecular weight excluding hydrogens is 404 g/mol. The number of aliphatic hydroxyl groups is 6. The standard InChI is InChI=1S/C23H38O8/c1-6-14(25)31-18-11-7-8-12-21(5,29)16-15(26)17(27)19(2,3)23(16,30)13(24)9-22(12,18)10-20(11,4)28/h11-13,15-18,24,26-30H,6-10H2,1-5H3/t11-,12+,13-,15-,16+,17+,18-,20-,21-,22+,23-/m1/s1. The van der Waals surface area contributed by atoms with Crippen molar-refractivity contribution in [1.29, 1.82) is 0 Å². The molecule has 0 aromatic heterocycles. The average Bonchev–Trinajstić information content (AvgIpc) is 2.84. The Bertz CT molecular complexity index is 763. The Kier molecular flexibility index (Phi) is 5.01. The predicted molar refractivity (Wildman–Crippen MR) is 110 cm³/mol. The summed E-state index contributed by atoms with van der Waals surface area (Å²) < 4.78 is 5.86. The molecule has 4 saturated carbocycles. The maximum Gasteiger partial charge on any atom is 0.305 e. The third kappa shape index (κ3) is 2.66. The fourth-order valence-electron chi connectivity index (χ4n) is 8.34. The normalized spacial score (nSPS) is 57.7. The molecule has 11 atom stereocenters. The number of esters is 1. The van der Waals surface area contributed by atoms with Gasteiger partial charge >= 0.3 is 5.97 Å². The zero-order valence-corrected chi connectivity index (χ0v) is 19.1. The molecule has 6 N–H and O–H groups in total. The average molecular weight is 443 g/mol. The monoisotopic (exact) mass is 442 g/mol. The van der Waals surface area contributed by atoms with E-state index < -0.39 is 69.9 Å². The fraction of sp³-hybridized carbons (Fsp3) is 0.957. The van der Waals surface area contributed by atoms with Gasteiger partial charge in [0.2, 0.25) is 0 Å². The van der Waals surface area contributed by atoms with E-state index in [0.717, 1.165) is 0 Å². The van der Waals surface area contributed by atoms with Gasteiger partial charge in [0, 0.05) is 29.1 Å². The first-order chi connectivity index (χ1) is 14.1. The van der Waals surface area contributed by atoms with Crippen LogP contribution in [0, 0.1) is 28.6 Å². The van der Waals surface area contributed by atoms with Gasteiger partial charge in [-0.2, -0.15) is 0 Å². The van der Waals surface area contributed by atoms with E-state index in [0.29, 0.717) is 12.8 Å². The lowest BCUT2D eigenvalue weighted by molar-refractivity contribution is -0.210. The number of ether oxygens (including phenoxy) is 1. The zero-order valence-electron chi connectivity index (χ0n) is 19.1. The van der Waals surface area contributed by atoms with Crippen LogP contribution in [0.1, 0.15) is 66.7 Å². The van der Waals surface area contributed by atoms with Gasteiger partial charge in [0.15, 0.2) is 0 Å². The first-order valence-electron chi connectivity index (χ1n) is 11.5. The Labute approximate surface area is 183 Å². The highest BCUT2D eigenvalue weighted by molar-refractivity contribution is 5.69. The molecule has 4 aliphatic carbocycles. The van der Waals surface area contributed by atoms with Crippen molar-refractivity contribution in [1.82, 2.24) is 0 Å². The lowest BCUT2D eigenvalue weighted by Gasteiger charge is -2.52. The highest BCUT2D eigenvalue weighted by atomic mass is 16.5. The molecule has 0 aromatic carbocycles. The second-order valence-electron chi connectivity index (χ2n) is 11.7. The molecule has 4 rings (SSSR count). The quantitative estimate of drug-likeness (QED) is 0.330. The van der Waals surface area contributed by atoms with Gasteiger partial charge in [-0.1, -0.05) is 20.8 Å². The van der Waals surface area contributed by atoms with E-state index in [1.54, 1.807) is 27.7 Å². The molecule has 0 aromatic rings. The molecule has 0 radical (unpaired) electrons. The van der Waals surface area contributed by atoms with Crippen LogP contribution in [0.15, 0.2) is 0 Å². The Hall–Kier alpha value is -0.770. The maximum atomic E-state index is 12.3. The summed E-state index contributed by atoms with van der Waals surface area (Å²) in [4.78, 5) is 12.3. The first-order valence-corrected chi connectivity index (χ1v) is 11.5. The Morgan fingerprint density at radius 1 is 1.03 bits per heavy atom. The summed E-state index contributed by atoms with van der Waals surface area (Å²) in [5.41, 5.74) is -7.12. The van der Waals surface area contributed by atoms with Crippen LogP contribution in [0.4, 0.5) is 0 Å². The van der Waals surface area contributed by atoms with E-state index in [9.17, 15) is 35.4 Å². The van der Waals surface area contributed by atoms with E-state index in [1.165, 1.54) is 6.92 Å². The third-order valence-electron chi connectivity index (χ3n) is 9.75. The van der Waals surface area contributed by atoms with E-state index >= 15 is 0 Å². The molecule has 8 heteroatoms. The van der Waals surface area contributed by atoms with E-state index in [2.05, 4.69) is 0 Å². The van der Waals surface area contributed by atoms with Gasteiger partial charge in [-0.3, -0.25) is 4.79 Å². The van der Waals surface area contributed by atoms with Gasteiger partial charge in [0.1, 0.15) is 11.7 Å². The van der Waals surface area contributed by atoms with Gasteiger partial charge in [0.25, 0.3) is 0 Å². The molecule has 4 fully saturated rings. The van der Waals surface area contributed by atoms with Crippen LogP contribution in [0.3, 0.4) is 0 Å². The molecule has 0 saturated heterocycles. The molecule has 31 heavy (non-hydrogen) atoms. The van der Waals surface area contributed by atoms with E-state index in [-0.39, 0.29) is 25.2 Å². The first kappa shape index (κ1) is 23.4. The van der Waals surface area contributed by atoms with Crippen LogP contribution in [0.2, 0.25) is 0 Å². The lowest BCUT2D eigenvalue weighted by atomic mass is 9.57. The number of hydrogen-bond donors (Lipinski definition) is 6. The summed E-state index contributed by atoms with van der Waals surface area (Å²) in [5.74, 6) is -2.54. The Morgan fingerprint density at radius 3 is 2.23 bits per heavy atom. The van der Waals surface area contributed by atoms with Gasteiger partial charge in [0.05, 0.1) is 29.5 Å². The number of carbonyl (C=O) groups excluding carboxylic acids is 1. The number of rotatable bonds is 2. The lowest BCUT2D eigenvalue weighted by Crippen LogP contribution is -2.62. The van der Waals surface area contributed by atoms with Crippen molar-refractivity contribution < 1.29 is 40.2 Å². The molecule has 0 unspecified atom stereocenters. The maximum absolute atomic E-state index is 12.3. The van der Waals surface area contributed by atoms with Crippen molar-refractivity contribution in [3.05, 3.63) is 0 Å². The van der Waals surface area contributed by atoms with Gasteiger partial charge in [-0.15, -0.1) is 0 Å². The minimum absolute atomic E-state index is 0.0159. The highest BCUT2D eigenvalue weighted by Crippen LogP contribution is 2.70. The second-order valence-corrected chi connectivity index (χ2v) is 11.7. The van der Waals surface area contributed by atoms with Crippen molar-refractivity contribution in [2.45, 2.75) is 108 Å². The van der Waals surface area contributed by atoms with Gasteiger partial charge in [-0.25, -0.2) is 0 Å². The second kappa shape index (κ2) is 6.64. The molecule has 0 aliphatic heterocycles. The molecule has 8 nitrogen and oxygen atoms in total. The molecular formula is C23H38O8. The van der Waals surface area contributed by atoms with Crippen LogP contribution < -0.4 is 0 Å². The summed E-state index contributed by atoms with van der Waals surface area (Å²) in [5, 5.41) is 68.2. The van der Waals surface area contributed by atoms with Crippen molar-refractivity contribution >= 4 is 5.97 Å². The predicted octanol–water partition coefficient (Wildman–Crippen LogP) is 0.1000. The summed E-state index contributed by atoms with van der Waals surface area (Å²) >= 11 is 0. The SMILES string of the molecule is CCC(=O)O[C@@H]1[C@H]2CC[C@H]3[C@@](C)(O)[C@@H]4[C@@H](O)[C@H](O)C(C)(C)[C@@]4(O)[C@H](O)C[C@@]13C[C@@]2(C)O. The highest BCUT2D eigenvalue weighted by Gasteiger charge is 2.79. The molecule has 1 spiro atoms. The van der Waals surface area contributed by atoms with E-state index in [4.69, 9.17) is 4.74 Å². The zero-order chi connectivity index (χ0) is 23.4. The topological polar surface area (TPSA) is 148 Å². The van der Waals surface area contributed by atoms with Crippen LogP contribution in [0.25, 0.3) is 0 Å². The molecule has 4 aliphatic rings. The fourth-order valence-corrected chi connectivity index (χ4v) is 8.34. The Balaban J connectivity index is 1.91. The van der Waals surface area contributed by atoms with Crippen LogP contribution in [0.5, 0.6) is 0 Å². The summed E-state index contributed by atoms with van der Waals surface area (Å²) in [6, 6.07) is 0. The number of aliphatic hydroxyl groups excluding tert-OH is 3. The van der Waals surface area contributed by atoms with Crippen molar-refractivity contribution in [3.63, 3.8) is 0 Å². The molecule has 178 valence electrons. The molecule has 0 amide bonds. The van der Waals surface area contributed by atoms with Crippen molar-refractivity contribution in [3.8, 4) is 0 Å².